The third-order valence-electron chi connectivity index (χ3n) is 9.41. The van der Waals surface area contributed by atoms with Crippen LogP contribution in [0.4, 0.5) is 0 Å². The van der Waals surface area contributed by atoms with Crippen molar-refractivity contribution >= 4 is 33.5 Å². The molecular formula is C26H33BrN2O5. The van der Waals surface area contributed by atoms with Gasteiger partial charge in [0.25, 0.3) is 5.91 Å². The van der Waals surface area contributed by atoms with Crippen molar-refractivity contribution in [2.24, 2.45) is 22.7 Å². The Morgan fingerprint density at radius 3 is 2.62 bits per heavy atom. The molecule has 2 aliphatic carbocycles. The van der Waals surface area contributed by atoms with Gasteiger partial charge in [-0.2, -0.15) is 0 Å². The largest absolute Gasteiger partial charge is 0.485 e. The molecule has 1 aromatic carbocycles. The Labute approximate surface area is 208 Å². The second-order valence-electron chi connectivity index (χ2n) is 11.4. The van der Waals surface area contributed by atoms with Crippen LogP contribution in [0.3, 0.4) is 0 Å². The van der Waals surface area contributed by atoms with Crippen LogP contribution in [0.2, 0.25) is 0 Å². The number of nitrogens with one attached hydrogen (secondary N) is 2. The summed E-state index contributed by atoms with van der Waals surface area (Å²) in [5.41, 5.74) is 0.679. The minimum absolute atomic E-state index is 0.0208. The predicted octanol–water partition coefficient (Wildman–Crippen LogP) is 4.07. The summed E-state index contributed by atoms with van der Waals surface area (Å²) in [6.07, 6.45) is 2.45. The maximum absolute atomic E-state index is 13.6. The summed E-state index contributed by atoms with van der Waals surface area (Å²) in [6.45, 7) is 10.0. The molecule has 1 aromatic rings. The molecule has 2 heterocycles. The average Bonchev–Trinajstić information content (AvgIpc) is 3.07. The van der Waals surface area contributed by atoms with Crippen LogP contribution >= 0.6 is 15.9 Å². The Balaban J connectivity index is 1.75. The first kappa shape index (κ1) is 23.8. The number of benzene rings is 1. The number of ether oxygens (including phenoxy) is 2. The maximum atomic E-state index is 13.6. The summed E-state index contributed by atoms with van der Waals surface area (Å²) in [4.78, 5) is 38.4. The lowest BCUT2D eigenvalue weighted by atomic mass is 9.43. The molecule has 5 rings (SSSR count). The van der Waals surface area contributed by atoms with Gasteiger partial charge in [-0.25, -0.2) is 0 Å². The normalized spacial score (nSPS) is 37.5. The smallest absolute Gasteiger partial charge is 0.254 e. The number of halogens is 1. The number of amides is 2. The van der Waals surface area contributed by atoms with Crippen molar-refractivity contribution in [2.75, 3.05) is 7.11 Å². The fourth-order valence-electron chi connectivity index (χ4n) is 7.44. The Kier molecular flexibility index (Phi) is 5.27. The summed E-state index contributed by atoms with van der Waals surface area (Å²) in [5, 5.41) is 5.82. The van der Waals surface area contributed by atoms with Gasteiger partial charge in [-0.15, -0.1) is 0 Å². The number of Topliss-reactive ketones (excluding diaryl/α,β-unsaturated/α-hetero) is 1. The molecule has 184 valence electrons. The van der Waals surface area contributed by atoms with E-state index >= 15 is 0 Å². The van der Waals surface area contributed by atoms with Gasteiger partial charge in [0.15, 0.2) is 12.0 Å². The van der Waals surface area contributed by atoms with Gasteiger partial charge in [0.05, 0.1) is 17.2 Å². The van der Waals surface area contributed by atoms with Crippen molar-refractivity contribution < 1.29 is 23.9 Å². The first-order valence-electron chi connectivity index (χ1n) is 12.1. The molecule has 34 heavy (non-hydrogen) atoms. The monoisotopic (exact) mass is 532 g/mol. The Hall–Kier alpha value is -1.93. The van der Waals surface area contributed by atoms with E-state index in [1.165, 1.54) is 6.92 Å². The molecule has 2 amide bonds. The van der Waals surface area contributed by atoms with Crippen LogP contribution in [0.5, 0.6) is 5.75 Å². The van der Waals surface area contributed by atoms with Gasteiger partial charge in [0, 0.05) is 47.2 Å². The highest BCUT2D eigenvalue weighted by molar-refractivity contribution is 9.10. The first-order valence-corrected chi connectivity index (χ1v) is 12.9. The van der Waals surface area contributed by atoms with Gasteiger partial charge in [0.2, 0.25) is 5.91 Å². The van der Waals surface area contributed by atoms with Gasteiger partial charge in [-0.3, -0.25) is 14.4 Å². The van der Waals surface area contributed by atoms with Crippen LogP contribution in [-0.4, -0.2) is 36.4 Å². The van der Waals surface area contributed by atoms with Crippen molar-refractivity contribution in [3.63, 3.8) is 0 Å². The van der Waals surface area contributed by atoms with E-state index in [0.717, 1.165) is 34.9 Å². The second kappa shape index (κ2) is 7.53. The lowest BCUT2D eigenvalue weighted by Crippen LogP contribution is -2.73. The fraction of sp³-hybridized carbons (Fsp3) is 0.654. The van der Waals surface area contributed by atoms with E-state index in [-0.39, 0.29) is 28.9 Å². The summed E-state index contributed by atoms with van der Waals surface area (Å²) >= 11 is 3.72. The van der Waals surface area contributed by atoms with E-state index in [1.54, 1.807) is 7.11 Å². The van der Waals surface area contributed by atoms with E-state index in [0.29, 0.717) is 23.7 Å². The highest BCUT2D eigenvalue weighted by Gasteiger charge is 2.70. The maximum Gasteiger partial charge on any atom is 0.254 e. The van der Waals surface area contributed by atoms with Crippen LogP contribution < -0.4 is 15.4 Å². The molecule has 0 radical (unpaired) electrons. The number of rotatable bonds is 2. The van der Waals surface area contributed by atoms with Gasteiger partial charge in [-0.05, 0) is 31.2 Å². The molecule has 2 N–H and O–H groups in total. The van der Waals surface area contributed by atoms with Gasteiger partial charge >= 0.3 is 0 Å². The summed E-state index contributed by atoms with van der Waals surface area (Å²) < 4.78 is 13.7. The molecule has 2 fully saturated rings. The summed E-state index contributed by atoms with van der Waals surface area (Å²) in [7, 11) is 1.57. The van der Waals surface area contributed by atoms with Gasteiger partial charge < -0.3 is 20.1 Å². The van der Waals surface area contributed by atoms with Crippen molar-refractivity contribution in [3.05, 3.63) is 27.2 Å². The molecule has 0 bridgehead atoms. The van der Waals surface area contributed by atoms with Crippen LogP contribution in [0.1, 0.15) is 81.6 Å². The van der Waals surface area contributed by atoms with E-state index in [4.69, 9.17) is 9.47 Å². The minimum atomic E-state index is -0.680. The number of hydrogen-bond donors (Lipinski definition) is 2. The standard InChI is InChI=1S/C26H33BrN2O5/c1-12-7-8-18-24(3,4)21(31)17(28-13(2)30)11-26(18)25(12,5)10-15-16(27)9-14-19(20(15)34-26)23(33-6)29-22(14)32/h9,12,17-18,23H,7-8,10-11H2,1-6H3,(H,28,30)(H,29,32)/t12-,17?,18-,23?,25+,26-/m0/s1. The minimum Gasteiger partial charge on any atom is -0.485 e. The molecule has 4 aliphatic rings. The average molecular weight is 533 g/mol. The SMILES string of the molecule is COC1NC(=O)c2cc(Br)c3c(c21)O[C@@]12CC(NC(C)=O)C(=O)C(C)(C)[C@@H]1CC[C@H](C)[C@@]2(C)C3. The molecule has 2 unspecified atom stereocenters. The number of carbonyl (C=O) groups excluding carboxylic acids is 3. The van der Waals surface area contributed by atoms with Gasteiger partial charge in [0.1, 0.15) is 11.4 Å². The molecule has 1 spiro atoms. The van der Waals surface area contributed by atoms with E-state index in [9.17, 15) is 14.4 Å². The number of fused-ring (bicyclic) bond motifs is 3. The quantitative estimate of drug-likeness (QED) is 0.598. The molecule has 2 saturated carbocycles. The van der Waals surface area contributed by atoms with E-state index in [1.807, 2.05) is 19.9 Å². The Bertz CT molecular complexity index is 1120. The van der Waals surface area contributed by atoms with E-state index in [2.05, 4.69) is 40.4 Å². The molecule has 6 atom stereocenters. The molecule has 7 nitrogen and oxygen atoms in total. The molecular weight excluding hydrogens is 500 g/mol. The Morgan fingerprint density at radius 1 is 1.26 bits per heavy atom. The second-order valence-corrected chi connectivity index (χ2v) is 12.2. The summed E-state index contributed by atoms with van der Waals surface area (Å²) in [5.74, 6) is 0.658. The molecule has 8 heteroatoms. The third-order valence-corrected chi connectivity index (χ3v) is 10.1. The first-order chi connectivity index (χ1) is 15.9. The van der Waals surface area contributed by atoms with Gasteiger partial charge in [-0.1, -0.05) is 43.6 Å². The molecule has 0 aromatic heterocycles. The summed E-state index contributed by atoms with van der Waals surface area (Å²) in [6, 6.07) is 1.25. The number of methoxy groups -OCH3 is 1. The molecule has 2 aliphatic heterocycles. The highest BCUT2D eigenvalue weighted by Crippen LogP contribution is 2.66. The van der Waals surface area contributed by atoms with Crippen molar-refractivity contribution in [1.82, 2.24) is 10.6 Å². The number of ketones is 1. The molecule has 0 saturated heterocycles. The zero-order valence-corrected chi connectivity index (χ0v) is 22.2. The van der Waals surface area contributed by atoms with Crippen LogP contribution in [-0.2, 0) is 20.7 Å². The van der Waals surface area contributed by atoms with Crippen LogP contribution in [0.15, 0.2) is 10.5 Å². The van der Waals surface area contributed by atoms with Crippen LogP contribution in [0.25, 0.3) is 0 Å². The van der Waals surface area contributed by atoms with Crippen molar-refractivity contribution in [1.29, 1.82) is 0 Å². The fourth-order valence-corrected chi connectivity index (χ4v) is 7.99. The number of hydrogen-bond acceptors (Lipinski definition) is 5. The number of carbonyl (C=O) groups is 3. The van der Waals surface area contributed by atoms with Crippen molar-refractivity contribution in [2.45, 2.75) is 78.2 Å². The van der Waals surface area contributed by atoms with E-state index < -0.39 is 23.3 Å². The Morgan fingerprint density at radius 2 is 1.97 bits per heavy atom. The predicted molar refractivity (Wildman–Crippen MR) is 129 cm³/mol. The van der Waals surface area contributed by atoms with Crippen molar-refractivity contribution in [3.8, 4) is 5.75 Å². The zero-order valence-electron chi connectivity index (χ0n) is 20.6. The zero-order chi connectivity index (χ0) is 24.8. The highest BCUT2D eigenvalue weighted by atomic mass is 79.9. The topological polar surface area (TPSA) is 93.7 Å². The lowest BCUT2D eigenvalue weighted by molar-refractivity contribution is -0.213. The lowest BCUT2D eigenvalue weighted by Gasteiger charge is -2.66. The third kappa shape index (κ3) is 2.93. The van der Waals surface area contributed by atoms with Crippen LogP contribution in [0, 0.1) is 22.7 Å².